The van der Waals surface area contributed by atoms with Gasteiger partial charge in [-0.15, -0.1) is 0 Å². The standard InChI is InChI=1S/C27H34O15/c1-9-17(31)20(34)22(36)26(39-9)38-8-15-18(32)21(35)23(37)27(41-15)42-25-19(33)16-13(30)6-12(29)7-14(16)40-24(25)10-2-4-11(28)5-3-10/h2-7,9,15,17-37H,8H2,1H3. The van der Waals surface area contributed by atoms with Gasteiger partial charge in [-0.1, -0.05) is 12.1 Å². The van der Waals surface area contributed by atoms with E-state index in [2.05, 4.69) is 0 Å². The molecule has 0 aliphatic carbocycles. The predicted molar refractivity (Wildman–Crippen MR) is 136 cm³/mol. The molecule has 2 fully saturated rings. The van der Waals surface area contributed by atoms with Gasteiger partial charge < -0.3 is 74.7 Å². The molecule has 0 bridgehead atoms. The Morgan fingerprint density at radius 2 is 1.36 bits per heavy atom. The quantitative estimate of drug-likeness (QED) is 0.173. The Kier molecular flexibility index (Phi) is 8.80. The Morgan fingerprint density at radius 1 is 0.714 bits per heavy atom. The Labute approximate surface area is 238 Å². The van der Waals surface area contributed by atoms with Crippen LogP contribution in [0.15, 0.2) is 36.4 Å². The van der Waals surface area contributed by atoms with Crippen molar-refractivity contribution in [3.8, 4) is 23.0 Å². The maximum absolute atomic E-state index is 11.3. The van der Waals surface area contributed by atoms with Crippen molar-refractivity contribution < 1.29 is 74.7 Å². The van der Waals surface area contributed by atoms with Crippen molar-refractivity contribution in [2.45, 2.75) is 86.6 Å². The van der Waals surface area contributed by atoms with Crippen molar-refractivity contribution in [1.29, 1.82) is 0 Å². The summed E-state index contributed by atoms with van der Waals surface area (Å²) in [6.07, 6.45) is -19.6. The molecular weight excluding hydrogens is 564 g/mol. The van der Waals surface area contributed by atoms with Crippen LogP contribution in [0.1, 0.15) is 30.3 Å². The summed E-state index contributed by atoms with van der Waals surface area (Å²) in [5.41, 5.74) is 0.256. The molecule has 0 radical (unpaired) electrons. The van der Waals surface area contributed by atoms with Crippen LogP contribution in [0.25, 0.3) is 0 Å². The molecule has 2 aromatic rings. The summed E-state index contributed by atoms with van der Waals surface area (Å²) in [7, 11) is 0. The molecule has 0 saturated carbocycles. The maximum Gasteiger partial charge on any atom is 0.187 e. The summed E-state index contributed by atoms with van der Waals surface area (Å²) in [5, 5.41) is 103. The van der Waals surface area contributed by atoms with Crippen LogP contribution in [0.2, 0.25) is 0 Å². The lowest BCUT2D eigenvalue weighted by molar-refractivity contribution is -0.341. The molecule has 0 aromatic heterocycles. The van der Waals surface area contributed by atoms with Crippen molar-refractivity contribution in [2.24, 2.45) is 0 Å². The highest BCUT2D eigenvalue weighted by molar-refractivity contribution is 5.53. The molecule has 15 heteroatoms. The van der Waals surface area contributed by atoms with Gasteiger partial charge in [-0.2, -0.15) is 0 Å². The first-order chi connectivity index (χ1) is 19.9. The number of ether oxygens (including phenoxy) is 5. The molecule has 15 nitrogen and oxygen atoms in total. The van der Waals surface area contributed by atoms with E-state index in [1.807, 2.05) is 0 Å². The lowest BCUT2D eigenvalue weighted by atomic mass is 9.91. The minimum atomic E-state index is -1.84. The zero-order valence-electron chi connectivity index (χ0n) is 22.2. The Hall–Kier alpha value is -2.80. The van der Waals surface area contributed by atoms with Crippen molar-refractivity contribution in [1.82, 2.24) is 0 Å². The van der Waals surface area contributed by atoms with Crippen LogP contribution in [0.3, 0.4) is 0 Å². The molecule has 3 heterocycles. The molecular formula is C27H34O15. The Morgan fingerprint density at radius 3 is 2.05 bits per heavy atom. The maximum atomic E-state index is 11.3. The van der Waals surface area contributed by atoms with Crippen LogP contribution in [0.5, 0.6) is 23.0 Å². The number of benzene rings is 2. The zero-order chi connectivity index (χ0) is 30.5. The van der Waals surface area contributed by atoms with Crippen molar-refractivity contribution >= 4 is 0 Å². The third kappa shape index (κ3) is 5.73. The van der Waals surface area contributed by atoms with Gasteiger partial charge in [0.1, 0.15) is 77.9 Å². The van der Waals surface area contributed by atoms with Gasteiger partial charge in [0.2, 0.25) is 0 Å². The summed E-state index contributed by atoms with van der Waals surface area (Å²) in [5.74, 6) is -0.957. The van der Waals surface area contributed by atoms with Crippen LogP contribution in [0.4, 0.5) is 0 Å². The molecule has 0 amide bonds. The van der Waals surface area contributed by atoms with E-state index in [0.717, 1.165) is 6.07 Å². The van der Waals surface area contributed by atoms with Crippen LogP contribution >= 0.6 is 0 Å². The first-order valence-electron chi connectivity index (χ1n) is 13.2. The third-order valence-electron chi connectivity index (χ3n) is 7.68. The van der Waals surface area contributed by atoms with Gasteiger partial charge in [-0.25, -0.2) is 0 Å². The summed E-state index contributed by atoms with van der Waals surface area (Å²) < 4.78 is 28.5. The predicted octanol–water partition coefficient (Wildman–Crippen LogP) is -1.99. The average molecular weight is 599 g/mol. The summed E-state index contributed by atoms with van der Waals surface area (Å²) in [6.45, 7) is 0.918. The normalized spacial score (nSPS) is 40.2. The number of rotatable bonds is 6. The largest absolute Gasteiger partial charge is 0.508 e. The number of hydrogen-bond donors (Lipinski definition) is 10. The number of hydrogen-bond acceptors (Lipinski definition) is 15. The van der Waals surface area contributed by atoms with Crippen molar-refractivity contribution in [2.75, 3.05) is 6.61 Å². The highest BCUT2D eigenvalue weighted by Crippen LogP contribution is 2.48. The molecule has 0 spiro atoms. The van der Waals surface area contributed by atoms with E-state index in [-0.39, 0.29) is 22.8 Å². The van der Waals surface area contributed by atoms with Gasteiger partial charge >= 0.3 is 0 Å². The van der Waals surface area contributed by atoms with E-state index in [9.17, 15) is 51.1 Å². The molecule has 232 valence electrons. The van der Waals surface area contributed by atoms with Gasteiger partial charge in [-0.05, 0) is 24.6 Å². The topological polar surface area (TPSA) is 248 Å². The molecule has 13 unspecified atom stereocenters. The van der Waals surface area contributed by atoms with Crippen LogP contribution in [-0.2, 0) is 18.9 Å². The summed E-state index contributed by atoms with van der Waals surface area (Å²) in [6, 6.07) is 7.84. The highest BCUT2D eigenvalue weighted by Gasteiger charge is 2.50. The van der Waals surface area contributed by atoms with E-state index in [0.29, 0.717) is 5.56 Å². The Bertz CT molecular complexity index is 1230. The van der Waals surface area contributed by atoms with Gasteiger partial charge in [0, 0.05) is 12.1 Å². The smallest absolute Gasteiger partial charge is 0.187 e. The second-order valence-corrected chi connectivity index (χ2v) is 10.6. The lowest BCUT2D eigenvalue weighted by Crippen LogP contribution is -2.61. The van der Waals surface area contributed by atoms with Crippen LogP contribution in [0, 0.1) is 0 Å². The third-order valence-corrected chi connectivity index (χ3v) is 7.68. The summed E-state index contributed by atoms with van der Waals surface area (Å²) in [4.78, 5) is 0. The van der Waals surface area contributed by atoms with E-state index in [1.54, 1.807) is 0 Å². The number of aliphatic hydroxyl groups excluding tert-OH is 7. The van der Waals surface area contributed by atoms with E-state index in [4.69, 9.17) is 23.7 Å². The fourth-order valence-electron chi connectivity index (χ4n) is 5.26. The van der Waals surface area contributed by atoms with Crippen molar-refractivity contribution in [3.05, 3.63) is 47.5 Å². The fraction of sp³-hybridized carbons (Fsp3) is 0.556. The van der Waals surface area contributed by atoms with Gasteiger partial charge in [0.15, 0.2) is 18.7 Å². The van der Waals surface area contributed by atoms with Crippen LogP contribution in [-0.4, -0.2) is 125 Å². The van der Waals surface area contributed by atoms with Crippen molar-refractivity contribution in [3.63, 3.8) is 0 Å². The SMILES string of the molecule is CC1OC(OCC2OC(OC3C(O)c4c(O)cc(O)cc4OC3c3ccc(O)cc3)C(O)C(O)C2O)C(O)C(O)C1O. The molecule has 3 aliphatic heterocycles. The lowest BCUT2D eigenvalue weighted by Gasteiger charge is -2.45. The zero-order valence-corrected chi connectivity index (χ0v) is 22.2. The highest BCUT2D eigenvalue weighted by atomic mass is 16.7. The molecule has 42 heavy (non-hydrogen) atoms. The second kappa shape index (κ2) is 12.1. The second-order valence-electron chi connectivity index (χ2n) is 10.6. The average Bonchev–Trinajstić information content (AvgIpc) is 2.95. The number of phenols is 3. The van der Waals surface area contributed by atoms with E-state index >= 15 is 0 Å². The molecule has 2 saturated heterocycles. The molecule has 5 rings (SSSR count). The fourth-order valence-corrected chi connectivity index (χ4v) is 5.26. The van der Waals surface area contributed by atoms with Crippen LogP contribution < -0.4 is 4.74 Å². The monoisotopic (exact) mass is 598 g/mol. The minimum Gasteiger partial charge on any atom is -0.508 e. The first-order valence-corrected chi connectivity index (χ1v) is 13.2. The van der Waals surface area contributed by atoms with Gasteiger partial charge in [-0.3, -0.25) is 0 Å². The minimum absolute atomic E-state index is 0.0576. The summed E-state index contributed by atoms with van der Waals surface area (Å²) >= 11 is 0. The van der Waals surface area contributed by atoms with Gasteiger partial charge in [0.25, 0.3) is 0 Å². The van der Waals surface area contributed by atoms with E-state index in [1.165, 1.54) is 37.3 Å². The van der Waals surface area contributed by atoms with E-state index < -0.39 is 92.1 Å². The molecule has 2 aromatic carbocycles. The number of aromatic hydroxyl groups is 3. The number of fused-ring (bicyclic) bond motifs is 1. The number of aliphatic hydroxyl groups is 7. The van der Waals surface area contributed by atoms with Gasteiger partial charge in [0.05, 0.1) is 18.3 Å². The molecule has 10 N–H and O–H groups in total. The number of phenolic OH excluding ortho intramolecular Hbond substituents is 3. The first kappa shape index (κ1) is 30.7. The molecule has 3 aliphatic rings. The Balaban J connectivity index is 1.38. The molecule has 13 atom stereocenters.